The first-order valence-corrected chi connectivity index (χ1v) is 9.31. The molecule has 0 radical (unpaired) electrons. The summed E-state index contributed by atoms with van der Waals surface area (Å²) in [5, 5.41) is 33.4. The van der Waals surface area contributed by atoms with Gasteiger partial charge in [-0.25, -0.2) is 4.98 Å². The lowest BCUT2D eigenvalue weighted by Gasteiger charge is -2.38. The van der Waals surface area contributed by atoms with Crippen molar-refractivity contribution < 1.29 is 20.1 Å². The van der Waals surface area contributed by atoms with E-state index in [-0.39, 0.29) is 18.4 Å². The van der Waals surface area contributed by atoms with Gasteiger partial charge in [0.05, 0.1) is 18.3 Å². The van der Waals surface area contributed by atoms with E-state index in [9.17, 15) is 20.1 Å². The molecule has 1 aromatic carbocycles. The highest BCUT2D eigenvalue weighted by molar-refractivity contribution is 5.78. The number of imidazole rings is 1. The second-order valence-electron chi connectivity index (χ2n) is 7.36. The first-order chi connectivity index (χ1) is 12.9. The third kappa shape index (κ3) is 4.05. The van der Waals surface area contributed by atoms with E-state index in [2.05, 4.69) is 10.3 Å². The first-order valence-electron chi connectivity index (χ1n) is 9.31. The van der Waals surface area contributed by atoms with Gasteiger partial charge in [-0.05, 0) is 18.4 Å². The number of aryl methyl sites for hydroxylation is 2. The number of carbonyl (C=O) groups is 1. The van der Waals surface area contributed by atoms with Crippen LogP contribution in [0.25, 0.3) is 0 Å². The Morgan fingerprint density at radius 1 is 1.19 bits per heavy atom. The highest BCUT2D eigenvalue weighted by Crippen LogP contribution is 2.33. The van der Waals surface area contributed by atoms with E-state index in [1.807, 2.05) is 30.3 Å². The fraction of sp³-hybridized carbons (Fsp3) is 0.500. The van der Waals surface area contributed by atoms with Crippen molar-refractivity contribution in [3.05, 3.63) is 53.6 Å². The predicted molar refractivity (Wildman–Crippen MR) is 99.9 cm³/mol. The molecule has 0 aliphatic carbocycles. The number of nitrogens with one attached hydrogen (secondary N) is 1. The molecule has 2 aromatic rings. The summed E-state index contributed by atoms with van der Waals surface area (Å²) in [6.07, 6.45) is 0.842. The summed E-state index contributed by atoms with van der Waals surface area (Å²) in [7, 11) is 0. The Hall–Kier alpha value is -2.22. The molecule has 0 bridgehead atoms. The number of fused-ring (bicyclic) bond motifs is 1. The van der Waals surface area contributed by atoms with Crippen LogP contribution in [0, 0.1) is 5.92 Å². The number of amides is 1. The van der Waals surface area contributed by atoms with E-state index in [1.54, 1.807) is 24.6 Å². The van der Waals surface area contributed by atoms with E-state index in [4.69, 9.17) is 0 Å². The van der Waals surface area contributed by atoms with Crippen LogP contribution < -0.4 is 5.32 Å². The van der Waals surface area contributed by atoms with E-state index >= 15 is 0 Å². The molecule has 27 heavy (non-hydrogen) atoms. The minimum Gasteiger partial charge on any atom is -0.394 e. The van der Waals surface area contributed by atoms with Gasteiger partial charge in [-0.2, -0.15) is 0 Å². The Bertz CT molecular complexity index is 775. The summed E-state index contributed by atoms with van der Waals surface area (Å²) in [5.74, 6) is -0.0242. The molecule has 2 heterocycles. The van der Waals surface area contributed by atoms with Crippen LogP contribution in [-0.4, -0.2) is 49.6 Å². The summed E-state index contributed by atoms with van der Waals surface area (Å²) in [6.45, 7) is 3.19. The molecule has 0 fully saturated rings. The zero-order valence-corrected chi connectivity index (χ0v) is 15.6. The van der Waals surface area contributed by atoms with Crippen LogP contribution in [0.2, 0.25) is 0 Å². The minimum atomic E-state index is -1.23. The molecular formula is C20H27N3O4. The van der Waals surface area contributed by atoms with Gasteiger partial charge in [0.25, 0.3) is 0 Å². The monoisotopic (exact) mass is 373 g/mol. The SMILES string of the molecule is CC(C)C(=O)NC1c2nc(CCc3ccccc3)cn2C(CO)[C@H](O)[C@@H]1O. The van der Waals surface area contributed by atoms with Gasteiger partial charge in [0, 0.05) is 12.1 Å². The van der Waals surface area contributed by atoms with Crippen LogP contribution in [0.3, 0.4) is 0 Å². The Balaban J connectivity index is 1.87. The quantitative estimate of drug-likeness (QED) is 0.598. The molecule has 7 nitrogen and oxygen atoms in total. The maximum absolute atomic E-state index is 12.2. The molecule has 4 atom stereocenters. The van der Waals surface area contributed by atoms with E-state index in [1.165, 1.54) is 5.56 Å². The summed E-state index contributed by atoms with van der Waals surface area (Å²) in [4.78, 5) is 16.8. The van der Waals surface area contributed by atoms with Gasteiger partial charge in [-0.3, -0.25) is 4.79 Å². The number of aliphatic hydroxyl groups excluding tert-OH is 3. The van der Waals surface area contributed by atoms with Crippen LogP contribution in [0.4, 0.5) is 0 Å². The lowest BCUT2D eigenvalue weighted by atomic mass is 9.93. The van der Waals surface area contributed by atoms with Crippen LogP contribution in [0.15, 0.2) is 36.5 Å². The topological polar surface area (TPSA) is 108 Å². The fourth-order valence-corrected chi connectivity index (χ4v) is 3.40. The highest BCUT2D eigenvalue weighted by atomic mass is 16.3. The molecule has 7 heteroatoms. The lowest BCUT2D eigenvalue weighted by Crippen LogP contribution is -2.52. The van der Waals surface area contributed by atoms with Gasteiger partial charge >= 0.3 is 0 Å². The number of benzene rings is 1. The summed E-state index contributed by atoms with van der Waals surface area (Å²) < 4.78 is 1.68. The average Bonchev–Trinajstić information content (AvgIpc) is 3.08. The number of rotatable bonds is 6. The lowest BCUT2D eigenvalue weighted by molar-refractivity contribution is -0.128. The van der Waals surface area contributed by atoms with Crippen LogP contribution in [-0.2, 0) is 17.6 Å². The van der Waals surface area contributed by atoms with Crippen LogP contribution in [0.1, 0.15) is 43.0 Å². The molecule has 3 rings (SSSR count). The molecular weight excluding hydrogens is 346 g/mol. The highest BCUT2D eigenvalue weighted by Gasteiger charge is 2.43. The maximum atomic E-state index is 12.2. The molecule has 1 amide bonds. The van der Waals surface area contributed by atoms with Crippen molar-refractivity contribution in [3.8, 4) is 0 Å². The molecule has 1 aromatic heterocycles. The first kappa shape index (κ1) is 19.5. The van der Waals surface area contributed by atoms with Gasteiger partial charge in [-0.15, -0.1) is 0 Å². The molecule has 1 aliphatic rings. The smallest absolute Gasteiger partial charge is 0.223 e. The zero-order valence-electron chi connectivity index (χ0n) is 15.6. The van der Waals surface area contributed by atoms with Crippen molar-refractivity contribution in [2.45, 2.75) is 51.0 Å². The summed E-state index contributed by atoms with van der Waals surface area (Å²) in [6, 6.07) is 8.52. The van der Waals surface area contributed by atoms with Gasteiger partial charge < -0.3 is 25.2 Å². The summed E-state index contributed by atoms with van der Waals surface area (Å²) in [5.41, 5.74) is 1.98. The molecule has 0 saturated heterocycles. The molecule has 1 aliphatic heterocycles. The summed E-state index contributed by atoms with van der Waals surface area (Å²) >= 11 is 0. The second-order valence-corrected chi connectivity index (χ2v) is 7.36. The molecule has 146 valence electrons. The fourth-order valence-electron chi connectivity index (χ4n) is 3.40. The van der Waals surface area contributed by atoms with Gasteiger partial charge in [0.2, 0.25) is 5.91 Å². The third-order valence-electron chi connectivity index (χ3n) is 5.05. The van der Waals surface area contributed by atoms with Crippen LogP contribution in [0.5, 0.6) is 0 Å². The standard InChI is InChI=1S/C20H27N3O4/c1-12(2)20(27)22-16-18(26)17(25)15(11-24)23-10-14(21-19(16)23)9-8-13-6-4-3-5-7-13/h3-7,10,12,15-18,24-26H,8-9,11H2,1-2H3,(H,22,27)/t15?,16?,17-,18+/m0/s1. The number of carbonyl (C=O) groups excluding carboxylic acids is 1. The molecule has 0 saturated carbocycles. The van der Waals surface area contributed by atoms with Crippen LogP contribution >= 0.6 is 0 Å². The Morgan fingerprint density at radius 3 is 2.52 bits per heavy atom. The van der Waals surface area contributed by atoms with Gasteiger partial charge in [0.1, 0.15) is 24.1 Å². The van der Waals surface area contributed by atoms with E-state index in [0.29, 0.717) is 12.2 Å². The Labute approximate surface area is 158 Å². The number of aliphatic hydroxyl groups is 3. The number of nitrogens with zero attached hydrogens (tertiary/aromatic N) is 2. The third-order valence-corrected chi connectivity index (χ3v) is 5.05. The van der Waals surface area contributed by atoms with E-state index < -0.39 is 24.3 Å². The molecule has 2 unspecified atom stereocenters. The average molecular weight is 373 g/mol. The second kappa shape index (κ2) is 8.21. The largest absolute Gasteiger partial charge is 0.394 e. The molecule has 4 N–H and O–H groups in total. The molecule has 0 spiro atoms. The maximum Gasteiger partial charge on any atom is 0.223 e. The van der Waals surface area contributed by atoms with Crippen molar-refractivity contribution in [1.82, 2.24) is 14.9 Å². The zero-order chi connectivity index (χ0) is 19.6. The van der Waals surface area contributed by atoms with E-state index in [0.717, 1.165) is 12.1 Å². The van der Waals surface area contributed by atoms with Gasteiger partial charge in [-0.1, -0.05) is 44.2 Å². The van der Waals surface area contributed by atoms with Crippen molar-refractivity contribution in [1.29, 1.82) is 0 Å². The Morgan fingerprint density at radius 2 is 1.89 bits per heavy atom. The number of hydrogen-bond acceptors (Lipinski definition) is 5. The minimum absolute atomic E-state index is 0.228. The van der Waals surface area contributed by atoms with Crippen molar-refractivity contribution >= 4 is 5.91 Å². The number of aromatic nitrogens is 2. The Kier molecular flexibility index (Phi) is 5.94. The predicted octanol–water partition coefficient (Wildman–Crippen LogP) is 0.750. The normalized spacial score (nSPS) is 24.7. The number of hydrogen-bond donors (Lipinski definition) is 4. The van der Waals surface area contributed by atoms with Crippen molar-refractivity contribution in [2.24, 2.45) is 5.92 Å². The van der Waals surface area contributed by atoms with Crippen molar-refractivity contribution in [3.63, 3.8) is 0 Å². The van der Waals surface area contributed by atoms with Gasteiger partial charge in [0.15, 0.2) is 0 Å². The van der Waals surface area contributed by atoms with Crippen molar-refractivity contribution in [2.75, 3.05) is 6.61 Å².